The van der Waals surface area contributed by atoms with Crippen LogP contribution in [-0.2, 0) is 16.1 Å². The van der Waals surface area contributed by atoms with Gasteiger partial charge in [-0.3, -0.25) is 14.5 Å². The Morgan fingerprint density at radius 1 is 1.23 bits per heavy atom. The Morgan fingerprint density at radius 2 is 2.00 bits per heavy atom. The van der Waals surface area contributed by atoms with Gasteiger partial charge in [-0.15, -0.1) is 0 Å². The van der Waals surface area contributed by atoms with Crippen molar-refractivity contribution in [3.8, 4) is 6.07 Å². The quantitative estimate of drug-likeness (QED) is 0.815. The SMILES string of the molecule is N#CC1C(=O)N(Cc2ccccc2)C(=O)C[C@H]1c1ccoc1. The number of imide groups is 1. The summed E-state index contributed by atoms with van der Waals surface area (Å²) in [6.07, 6.45) is 3.10. The lowest BCUT2D eigenvalue weighted by Gasteiger charge is -2.32. The molecule has 2 amide bonds. The number of amides is 2. The Balaban J connectivity index is 1.85. The standard InChI is InChI=1S/C17H14N2O3/c18-9-15-14(13-6-7-22-11-13)8-16(20)19(17(15)21)10-12-4-2-1-3-5-12/h1-7,11,14-15H,8,10H2/t14-,15?/m0/s1. The number of likely N-dealkylation sites (tertiary alicyclic amines) is 1. The molecule has 110 valence electrons. The van der Waals surface area contributed by atoms with Crippen LogP contribution < -0.4 is 0 Å². The topological polar surface area (TPSA) is 74.3 Å². The molecule has 2 atom stereocenters. The molecule has 0 bridgehead atoms. The first-order valence-corrected chi connectivity index (χ1v) is 7.00. The molecule has 2 aromatic rings. The Labute approximate surface area is 127 Å². The van der Waals surface area contributed by atoms with Crippen molar-refractivity contribution >= 4 is 11.8 Å². The van der Waals surface area contributed by atoms with Gasteiger partial charge in [-0.1, -0.05) is 30.3 Å². The molecule has 0 radical (unpaired) electrons. The fourth-order valence-corrected chi connectivity index (χ4v) is 2.75. The van der Waals surface area contributed by atoms with Crippen LogP contribution in [-0.4, -0.2) is 16.7 Å². The summed E-state index contributed by atoms with van der Waals surface area (Å²) in [5.41, 5.74) is 1.58. The molecule has 1 saturated heterocycles. The summed E-state index contributed by atoms with van der Waals surface area (Å²) in [6.45, 7) is 0.203. The van der Waals surface area contributed by atoms with Crippen LogP contribution in [0.25, 0.3) is 0 Å². The minimum Gasteiger partial charge on any atom is -0.472 e. The van der Waals surface area contributed by atoms with Crippen molar-refractivity contribution in [1.82, 2.24) is 4.90 Å². The monoisotopic (exact) mass is 294 g/mol. The highest BCUT2D eigenvalue weighted by Crippen LogP contribution is 2.35. The summed E-state index contributed by atoms with van der Waals surface area (Å²) in [4.78, 5) is 26.1. The molecule has 1 unspecified atom stereocenters. The summed E-state index contributed by atoms with van der Waals surface area (Å²) in [6, 6.07) is 13.0. The van der Waals surface area contributed by atoms with Crippen molar-refractivity contribution in [2.45, 2.75) is 18.9 Å². The van der Waals surface area contributed by atoms with Crippen LogP contribution in [0.5, 0.6) is 0 Å². The maximum absolute atomic E-state index is 12.5. The molecule has 1 aromatic carbocycles. The zero-order valence-corrected chi connectivity index (χ0v) is 11.8. The Kier molecular flexibility index (Phi) is 3.75. The molecule has 5 nitrogen and oxygen atoms in total. The maximum Gasteiger partial charge on any atom is 0.247 e. The molecule has 1 aliphatic heterocycles. The van der Waals surface area contributed by atoms with Gasteiger partial charge >= 0.3 is 0 Å². The third kappa shape index (κ3) is 2.51. The van der Waals surface area contributed by atoms with Crippen LogP contribution in [0.1, 0.15) is 23.5 Å². The fourth-order valence-electron chi connectivity index (χ4n) is 2.75. The first-order chi connectivity index (χ1) is 10.7. The molecule has 1 aromatic heterocycles. The number of piperidine rings is 1. The molecule has 5 heteroatoms. The first-order valence-electron chi connectivity index (χ1n) is 7.00. The second-order valence-corrected chi connectivity index (χ2v) is 5.28. The van der Waals surface area contributed by atoms with Gasteiger partial charge in [0.25, 0.3) is 0 Å². The van der Waals surface area contributed by atoms with Crippen molar-refractivity contribution < 1.29 is 14.0 Å². The van der Waals surface area contributed by atoms with Crippen LogP contribution in [0.3, 0.4) is 0 Å². The largest absolute Gasteiger partial charge is 0.472 e. The summed E-state index contributed by atoms with van der Waals surface area (Å²) in [5.74, 6) is -1.99. The van der Waals surface area contributed by atoms with E-state index in [0.29, 0.717) is 5.56 Å². The van der Waals surface area contributed by atoms with Gasteiger partial charge in [0.05, 0.1) is 25.1 Å². The highest BCUT2D eigenvalue weighted by atomic mass is 16.3. The Morgan fingerprint density at radius 3 is 2.64 bits per heavy atom. The minimum absolute atomic E-state index is 0.135. The van der Waals surface area contributed by atoms with Gasteiger partial charge in [0.2, 0.25) is 11.8 Å². The van der Waals surface area contributed by atoms with E-state index < -0.39 is 17.7 Å². The van der Waals surface area contributed by atoms with Crippen LogP contribution >= 0.6 is 0 Å². The third-order valence-corrected chi connectivity index (χ3v) is 3.92. The van der Waals surface area contributed by atoms with Gasteiger partial charge in [0, 0.05) is 12.3 Å². The predicted molar refractivity (Wildman–Crippen MR) is 77.2 cm³/mol. The molecule has 0 N–H and O–H groups in total. The van der Waals surface area contributed by atoms with Gasteiger partial charge in [-0.25, -0.2) is 0 Å². The molecular weight excluding hydrogens is 280 g/mol. The molecule has 3 rings (SSSR count). The average molecular weight is 294 g/mol. The summed E-state index contributed by atoms with van der Waals surface area (Å²) >= 11 is 0. The lowest BCUT2D eigenvalue weighted by atomic mass is 9.81. The van der Waals surface area contributed by atoms with Gasteiger partial charge < -0.3 is 4.42 Å². The van der Waals surface area contributed by atoms with E-state index in [1.54, 1.807) is 6.07 Å². The van der Waals surface area contributed by atoms with Crippen LogP contribution in [0.2, 0.25) is 0 Å². The van der Waals surface area contributed by atoms with E-state index in [1.165, 1.54) is 17.4 Å². The Hall–Kier alpha value is -2.87. The van der Waals surface area contributed by atoms with E-state index in [1.807, 2.05) is 36.4 Å². The number of carbonyl (C=O) groups is 2. The minimum atomic E-state index is -0.862. The van der Waals surface area contributed by atoms with Crippen molar-refractivity contribution in [3.05, 3.63) is 60.1 Å². The molecule has 2 heterocycles. The van der Waals surface area contributed by atoms with E-state index >= 15 is 0 Å². The summed E-state index contributed by atoms with van der Waals surface area (Å²) in [7, 11) is 0. The van der Waals surface area contributed by atoms with Crippen molar-refractivity contribution in [2.24, 2.45) is 5.92 Å². The highest BCUT2D eigenvalue weighted by Gasteiger charge is 2.42. The summed E-state index contributed by atoms with van der Waals surface area (Å²) in [5, 5.41) is 9.36. The summed E-state index contributed by atoms with van der Waals surface area (Å²) < 4.78 is 5.01. The van der Waals surface area contributed by atoms with Crippen molar-refractivity contribution in [1.29, 1.82) is 5.26 Å². The predicted octanol–water partition coefficient (Wildman–Crippen LogP) is 2.46. The molecular formula is C17H14N2O3. The second kappa shape index (κ2) is 5.86. The van der Waals surface area contributed by atoms with E-state index in [0.717, 1.165) is 5.56 Å². The van der Waals surface area contributed by atoms with Gasteiger partial charge in [-0.2, -0.15) is 5.26 Å². The van der Waals surface area contributed by atoms with E-state index in [9.17, 15) is 14.9 Å². The molecule has 1 aliphatic rings. The first kappa shape index (κ1) is 14.1. The van der Waals surface area contributed by atoms with Crippen LogP contribution in [0, 0.1) is 17.2 Å². The molecule has 22 heavy (non-hydrogen) atoms. The number of benzene rings is 1. The van der Waals surface area contributed by atoms with Crippen molar-refractivity contribution in [2.75, 3.05) is 0 Å². The number of carbonyl (C=O) groups excluding carboxylic acids is 2. The van der Waals surface area contributed by atoms with E-state index in [-0.39, 0.29) is 18.9 Å². The molecule has 0 aliphatic carbocycles. The third-order valence-electron chi connectivity index (χ3n) is 3.92. The number of hydrogen-bond acceptors (Lipinski definition) is 4. The van der Waals surface area contributed by atoms with E-state index in [4.69, 9.17) is 4.42 Å². The number of hydrogen-bond donors (Lipinski definition) is 0. The zero-order chi connectivity index (χ0) is 15.5. The lowest BCUT2D eigenvalue weighted by Crippen LogP contribution is -2.47. The normalized spacial score (nSPS) is 21.7. The Bertz CT molecular complexity index is 716. The van der Waals surface area contributed by atoms with Crippen LogP contribution in [0.15, 0.2) is 53.3 Å². The zero-order valence-electron chi connectivity index (χ0n) is 11.8. The smallest absolute Gasteiger partial charge is 0.247 e. The number of nitrogens with zero attached hydrogens (tertiary/aromatic N) is 2. The van der Waals surface area contributed by atoms with Gasteiger partial charge in [0.15, 0.2) is 0 Å². The van der Waals surface area contributed by atoms with Gasteiger partial charge in [0.1, 0.15) is 5.92 Å². The van der Waals surface area contributed by atoms with Crippen LogP contribution in [0.4, 0.5) is 0 Å². The number of rotatable bonds is 3. The second-order valence-electron chi connectivity index (χ2n) is 5.28. The molecule has 0 spiro atoms. The number of nitriles is 1. The lowest BCUT2D eigenvalue weighted by molar-refractivity contribution is -0.151. The molecule has 0 saturated carbocycles. The fraction of sp³-hybridized carbons (Fsp3) is 0.235. The van der Waals surface area contributed by atoms with Gasteiger partial charge in [-0.05, 0) is 17.2 Å². The van der Waals surface area contributed by atoms with E-state index in [2.05, 4.69) is 0 Å². The maximum atomic E-state index is 12.5. The average Bonchev–Trinajstić information content (AvgIpc) is 3.06. The van der Waals surface area contributed by atoms with Crippen molar-refractivity contribution in [3.63, 3.8) is 0 Å². The number of furan rings is 1. The molecule has 1 fully saturated rings. The highest BCUT2D eigenvalue weighted by molar-refractivity contribution is 6.01.